The lowest BCUT2D eigenvalue weighted by atomic mass is 10.3. The molecule has 6 heteroatoms. The van der Waals surface area contributed by atoms with Crippen LogP contribution in [0.4, 0.5) is 0 Å². The molecule has 0 aromatic carbocycles. The predicted octanol–water partition coefficient (Wildman–Crippen LogP) is 3.83. The van der Waals surface area contributed by atoms with Crippen LogP contribution in [0.5, 0.6) is 0 Å². The van der Waals surface area contributed by atoms with E-state index in [1.165, 1.54) is 6.20 Å². The first-order valence-electron chi connectivity index (χ1n) is 5.16. The van der Waals surface area contributed by atoms with E-state index in [4.69, 9.17) is 11.6 Å². The summed E-state index contributed by atoms with van der Waals surface area (Å²) in [6.07, 6.45) is 1.53. The van der Waals surface area contributed by atoms with E-state index in [0.717, 1.165) is 9.35 Å². The molecular formula is C12H10BrClN2OS. The molecule has 2 rings (SSSR count). The van der Waals surface area contributed by atoms with Crippen LogP contribution in [0.2, 0.25) is 5.02 Å². The van der Waals surface area contributed by atoms with Crippen LogP contribution in [-0.2, 0) is 6.54 Å². The van der Waals surface area contributed by atoms with E-state index in [1.807, 2.05) is 11.4 Å². The largest absolute Gasteiger partial charge is 0.336 e. The van der Waals surface area contributed by atoms with Gasteiger partial charge in [0.1, 0.15) is 5.69 Å². The topological polar surface area (TPSA) is 33.2 Å². The van der Waals surface area contributed by atoms with Gasteiger partial charge in [-0.15, -0.1) is 11.3 Å². The Balaban J connectivity index is 2.09. The molecule has 2 heterocycles. The Morgan fingerprint density at radius 2 is 2.33 bits per heavy atom. The van der Waals surface area contributed by atoms with E-state index in [1.54, 1.807) is 35.4 Å². The molecule has 0 fully saturated rings. The van der Waals surface area contributed by atoms with E-state index >= 15 is 0 Å². The molecule has 94 valence electrons. The van der Waals surface area contributed by atoms with Crippen LogP contribution >= 0.6 is 38.9 Å². The van der Waals surface area contributed by atoms with Crippen molar-refractivity contribution in [2.75, 3.05) is 7.05 Å². The van der Waals surface area contributed by atoms with Crippen molar-refractivity contribution in [2.45, 2.75) is 6.54 Å². The predicted molar refractivity (Wildman–Crippen MR) is 77.1 cm³/mol. The van der Waals surface area contributed by atoms with Gasteiger partial charge in [0, 0.05) is 24.8 Å². The van der Waals surface area contributed by atoms with Gasteiger partial charge in [0.2, 0.25) is 0 Å². The molecule has 0 saturated carbocycles. The first-order valence-corrected chi connectivity index (χ1v) is 7.21. The van der Waals surface area contributed by atoms with Crippen molar-refractivity contribution < 1.29 is 4.79 Å². The highest BCUT2D eigenvalue weighted by Gasteiger charge is 2.14. The third-order valence-electron chi connectivity index (χ3n) is 2.33. The minimum absolute atomic E-state index is 0.139. The Morgan fingerprint density at radius 1 is 1.56 bits per heavy atom. The van der Waals surface area contributed by atoms with E-state index in [0.29, 0.717) is 17.3 Å². The summed E-state index contributed by atoms with van der Waals surface area (Å²) < 4.78 is 1.05. The van der Waals surface area contributed by atoms with Gasteiger partial charge in [-0.05, 0) is 45.1 Å². The molecular weight excluding hydrogens is 336 g/mol. The molecule has 3 nitrogen and oxygen atoms in total. The number of nitrogens with zero attached hydrogens (tertiary/aromatic N) is 2. The van der Waals surface area contributed by atoms with Crippen molar-refractivity contribution in [1.29, 1.82) is 0 Å². The number of amides is 1. The number of halogens is 2. The molecule has 0 aliphatic rings. The number of thiophene rings is 1. The number of aromatic nitrogens is 1. The van der Waals surface area contributed by atoms with Gasteiger partial charge in [-0.2, -0.15) is 0 Å². The summed E-state index contributed by atoms with van der Waals surface area (Å²) in [5.74, 6) is -0.139. The lowest BCUT2D eigenvalue weighted by Gasteiger charge is -2.15. The number of carbonyl (C=O) groups is 1. The number of pyridine rings is 1. The molecule has 18 heavy (non-hydrogen) atoms. The van der Waals surface area contributed by atoms with Crippen molar-refractivity contribution in [3.05, 3.63) is 49.8 Å². The maximum absolute atomic E-state index is 12.1. The fourth-order valence-corrected chi connectivity index (χ4v) is 2.85. The smallest absolute Gasteiger partial charge is 0.272 e. The molecule has 1 amide bonds. The molecule has 0 aliphatic carbocycles. The van der Waals surface area contributed by atoms with E-state index in [-0.39, 0.29) is 5.91 Å². The average Bonchev–Trinajstić information content (AvgIpc) is 2.73. The number of hydrogen-bond acceptors (Lipinski definition) is 3. The zero-order valence-electron chi connectivity index (χ0n) is 9.56. The molecule has 0 unspecified atom stereocenters. The van der Waals surface area contributed by atoms with Crippen LogP contribution in [-0.4, -0.2) is 22.8 Å². The monoisotopic (exact) mass is 344 g/mol. The minimum atomic E-state index is -0.139. The zero-order chi connectivity index (χ0) is 13.1. The molecule has 0 aliphatic heterocycles. The van der Waals surface area contributed by atoms with Crippen molar-refractivity contribution in [3.63, 3.8) is 0 Å². The van der Waals surface area contributed by atoms with Gasteiger partial charge in [-0.25, -0.2) is 0 Å². The van der Waals surface area contributed by atoms with Crippen molar-refractivity contribution >= 4 is 44.8 Å². The van der Waals surface area contributed by atoms with Crippen LogP contribution in [0, 0.1) is 0 Å². The summed E-state index contributed by atoms with van der Waals surface area (Å²) in [5.41, 5.74) is 1.45. The molecule has 2 aromatic rings. The Hall–Kier alpha value is -0.910. The van der Waals surface area contributed by atoms with Crippen LogP contribution in [0.3, 0.4) is 0 Å². The third-order valence-corrected chi connectivity index (χ3v) is 4.12. The van der Waals surface area contributed by atoms with Gasteiger partial charge in [0.25, 0.3) is 5.91 Å². The second-order valence-corrected chi connectivity index (χ2v) is 6.51. The van der Waals surface area contributed by atoms with Crippen molar-refractivity contribution in [2.24, 2.45) is 0 Å². The average molecular weight is 346 g/mol. The number of carbonyl (C=O) groups excluding carboxylic acids is 1. The Morgan fingerprint density at radius 3 is 2.94 bits per heavy atom. The van der Waals surface area contributed by atoms with Crippen LogP contribution < -0.4 is 0 Å². The molecule has 0 bridgehead atoms. The Labute approximate surface area is 123 Å². The van der Waals surface area contributed by atoms with E-state index < -0.39 is 0 Å². The number of rotatable bonds is 3. The highest BCUT2D eigenvalue weighted by atomic mass is 79.9. The summed E-state index contributed by atoms with van der Waals surface area (Å²) in [6, 6.07) is 5.22. The third kappa shape index (κ3) is 3.31. The first kappa shape index (κ1) is 13.5. The molecule has 0 radical (unpaired) electrons. The second-order valence-electron chi connectivity index (χ2n) is 3.78. The lowest BCUT2D eigenvalue weighted by Crippen LogP contribution is -2.26. The normalized spacial score (nSPS) is 10.4. The first-order chi connectivity index (χ1) is 8.56. The van der Waals surface area contributed by atoms with Gasteiger partial charge in [-0.3, -0.25) is 9.78 Å². The number of hydrogen-bond donors (Lipinski definition) is 0. The summed E-state index contributed by atoms with van der Waals surface area (Å²) in [7, 11) is 1.75. The molecule has 0 atom stereocenters. The summed E-state index contributed by atoms with van der Waals surface area (Å²) in [6.45, 7) is 0.551. The summed E-state index contributed by atoms with van der Waals surface area (Å²) >= 11 is 10.8. The molecule has 0 spiro atoms. The Bertz CT molecular complexity index is 573. The highest BCUT2D eigenvalue weighted by molar-refractivity contribution is 9.11. The molecule has 2 aromatic heterocycles. The maximum Gasteiger partial charge on any atom is 0.272 e. The molecule has 0 saturated heterocycles. The van der Waals surface area contributed by atoms with Gasteiger partial charge >= 0.3 is 0 Å². The molecule has 0 N–H and O–H groups in total. The van der Waals surface area contributed by atoms with E-state index in [2.05, 4.69) is 20.9 Å². The highest BCUT2D eigenvalue weighted by Crippen LogP contribution is 2.22. The van der Waals surface area contributed by atoms with Gasteiger partial charge in [0.05, 0.1) is 3.79 Å². The van der Waals surface area contributed by atoms with Gasteiger partial charge < -0.3 is 4.90 Å². The minimum Gasteiger partial charge on any atom is -0.336 e. The second kappa shape index (κ2) is 5.82. The van der Waals surface area contributed by atoms with Crippen molar-refractivity contribution in [3.8, 4) is 0 Å². The lowest BCUT2D eigenvalue weighted by molar-refractivity contribution is 0.0779. The maximum atomic E-state index is 12.1. The van der Waals surface area contributed by atoms with E-state index in [9.17, 15) is 4.79 Å². The fourth-order valence-electron chi connectivity index (χ4n) is 1.49. The quantitative estimate of drug-likeness (QED) is 0.847. The summed E-state index contributed by atoms with van der Waals surface area (Å²) in [4.78, 5) is 17.7. The van der Waals surface area contributed by atoms with Gasteiger partial charge in [0.15, 0.2) is 0 Å². The van der Waals surface area contributed by atoms with Crippen LogP contribution in [0.1, 0.15) is 16.1 Å². The fraction of sp³-hybridized carbons (Fsp3) is 0.167. The standard InChI is InChI=1S/C12H10BrClN2OS/c1-16(6-8-4-11(13)18-7-8)12(17)10-5-9(14)2-3-15-10/h2-5,7H,6H2,1H3. The SMILES string of the molecule is CN(Cc1csc(Br)c1)C(=O)c1cc(Cl)ccn1. The van der Waals surface area contributed by atoms with Crippen LogP contribution in [0.15, 0.2) is 33.6 Å². The van der Waals surface area contributed by atoms with Gasteiger partial charge in [-0.1, -0.05) is 11.6 Å². The summed E-state index contributed by atoms with van der Waals surface area (Å²) in [5, 5.41) is 2.53. The van der Waals surface area contributed by atoms with Crippen LogP contribution in [0.25, 0.3) is 0 Å². The zero-order valence-corrected chi connectivity index (χ0v) is 12.7. The van der Waals surface area contributed by atoms with Crippen molar-refractivity contribution in [1.82, 2.24) is 9.88 Å². The Kier molecular flexibility index (Phi) is 4.37.